The molecule has 0 fully saturated rings. The molecule has 0 aliphatic heterocycles. The van der Waals surface area contributed by atoms with Crippen molar-refractivity contribution in [2.24, 2.45) is 4.99 Å². The minimum Gasteiger partial charge on any atom is -0.385 e. The smallest absolute Gasteiger partial charge is 0.385 e. The summed E-state index contributed by atoms with van der Waals surface area (Å²) >= 11 is 5.71. The third-order valence-electron chi connectivity index (χ3n) is 0.942. The van der Waals surface area contributed by atoms with Crippen molar-refractivity contribution in [3.63, 3.8) is 0 Å². The van der Waals surface area contributed by atoms with E-state index in [1.54, 1.807) is 0 Å². The van der Waals surface area contributed by atoms with Crippen molar-refractivity contribution in [1.29, 1.82) is 0 Å². The molecule has 0 aliphatic carbocycles. The Balaban J connectivity index is 3.92. The van der Waals surface area contributed by atoms with Gasteiger partial charge < -0.3 is 8.85 Å². The molecule has 0 saturated carbocycles. The molecule has 6 heteroatoms. The van der Waals surface area contributed by atoms with Gasteiger partial charge >= 0.3 is 7.87 Å². The van der Waals surface area contributed by atoms with Gasteiger partial charge in [-0.1, -0.05) is 11.1 Å². The molecule has 0 amide bonds. The van der Waals surface area contributed by atoms with E-state index in [-0.39, 0.29) is 6.17 Å². The van der Waals surface area contributed by atoms with Crippen LogP contribution in [-0.4, -0.2) is 34.3 Å². The average molecular weight is 182 g/mol. The maximum atomic E-state index is 9.64. The predicted octanol–water partition coefficient (Wildman–Crippen LogP) is 0.332. The highest BCUT2D eigenvalue weighted by molar-refractivity contribution is 7.13. The van der Waals surface area contributed by atoms with E-state index in [0.717, 1.165) is 0 Å². The molecule has 0 aromatic rings. The number of hydrogen-bond acceptors (Lipinski definition) is 4. The van der Waals surface area contributed by atoms with Crippen molar-refractivity contribution in [3.05, 3.63) is 0 Å². The largest absolute Gasteiger partial charge is 0.465 e. The third-order valence-corrected chi connectivity index (χ3v) is 3.98. The standard InChI is InChI=1S/C4H8ClNO3Si/c1-8-10(5,9-2)4-6-3-7/h4H2,1-2H3. The number of nitrogens with zero attached hydrogens (tertiary/aromatic N) is 1. The Kier molecular flexibility index (Phi) is 4.51. The fraction of sp³-hybridized carbons (Fsp3) is 0.750. The minimum atomic E-state index is -2.68. The van der Waals surface area contributed by atoms with Crippen molar-refractivity contribution < 1.29 is 13.6 Å². The monoisotopic (exact) mass is 181 g/mol. The summed E-state index contributed by atoms with van der Waals surface area (Å²) in [7, 11) is 0.164. The van der Waals surface area contributed by atoms with Gasteiger partial charge in [0.15, 0.2) is 0 Å². The van der Waals surface area contributed by atoms with Gasteiger partial charge in [0.05, 0.1) is 0 Å². The van der Waals surface area contributed by atoms with E-state index >= 15 is 0 Å². The molecular formula is C4H8ClNO3Si. The fourth-order valence-electron chi connectivity index (χ4n) is 0.339. The average Bonchev–Trinajstić information content (AvgIpc) is 2.00. The summed E-state index contributed by atoms with van der Waals surface area (Å²) in [4.78, 5) is 12.9. The van der Waals surface area contributed by atoms with E-state index in [4.69, 9.17) is 19.9 Å². The third kappa shape index (κ3) is 3.10. The second-order valence-electron chi connectivity index (χ2n) is 1.48. The van der Waals surface area contributed by atoms with E-state index < -0.39 is 7.87 Å². The van der Waals surface area contributed by atoms with Crippen molar-refractivity contribution in [1.82, 2.24) is 0 Å². The maximum absolute atomic E-state index is 9.64. The maximum Gasteiger partial charge on any atom is 0.465 e. The quantitative estimate of drug-likeness (QED) is 0.272. The van der Waals surface area contributed by atoms with Crippen molar-refractivity contribution in [2.75, 3.05) is 20.4 Å². The van der Waals surface area contributed by atoms with Gasteiger partial charge in [-0.15, -0.1) is 0 Å². The van der Waals surface area contributed by atoms with Crippen LogP contribution >= 0.6 is 11.1 Å². The zero-order valence-corrected chi connectivity index (χ0v) is 7.51. The first-order chi connectivity index (χ1) is 4.68. The molecule has 0 N–H and O–H groups in total. The lowest BCUT2D eigenvalue weighted by Crippen LogP contribution is -2.37. The Hall–Kier alpha value is -0.193. The Bertz CT molecular complexity index is 143. The number of hydrogen-bond donors (Lipinski definition) is 0. The van der Waals surface area contributed by atoms with Crippen LogP contribution in [0.25, 0.3) is 0 Å². The molecule has 0 heterocycles. The summed E-state index contributed by atoms with van der Waals surface area (Å²) in [5.74, 6) is 0. The molecule has 0 atom stereocenters. The summed E-state index contributed by atoms with van der Waals surface area (Å²) in [6.45, 7) is 0. The van der Waals surface area contributed by atoms with Gasteiger partial charge in [-0.05, 0) is 0 Å². The second-order valence-corrected chi connectivity index (χ2v) is 5.66. The molecule has 4 nitrogen and oxygen atoms in total. The molecule has 0 radical (unpaired) electrons. The minimum absolute atomic E-state index is 0.0745. The Morgan fingerprint density at radius 2 is 2.10 bits per heavy atom. The lowest BCUT2D eigenvalue weighted by Gasteiger charge is -2.15. The number of aliphatic imine (C=N–C) groups is 1. The molecule has 10 heavy (non-hydrogen) atoms. The van der Waals surface area contributed by atoms with Crippen molar-refractivity contribution in [3.8, 4) is 0 Å². The van der Waals surface area contributed by atoms with Crippen LogP contribution in [0.3, 0.4) is 0 Å². The van der Waals surface area contributed by atoms with Crippen LogP contribution in [-0.2, 0) is 13.6 Å². The van der Waals surface area contributed by atoms with Gasteiger partial charge in [0.2, 0.25) is 6.08 Å². The zero-order chi connectivity index (χ0) is 8.04. The molecule has 0 aliphatic rings. The zero-order valence-electron chi connectivity index (χ0n) is 5.76. The topological polar surface area (TPSA) is 47.9 Å². The lowest BCUT2D eigenvalue weighted by atomic mass is 11.4. The van der Waals surface area contributed by atoms with Gasteiger partial charge in [-0.25, -0.2) is 9.79 Å². The lowest BCUT2D eigenvalue weighted by molar-refractivity contribution is 0.267. The molecule has 0 rings (SSSR count). The van der Waals surface area contributed by atoms with Crippen LogP contribution in [0.15, 0.2) is 4.99 Å². The Morgan fingerprint density at radius 3 is 2.40 bits per heavy atom. The molecule has 0 bridgehead atoms. The van der Waals surface area contributed by atoms with E-state index in [9.17, 15) is 4.79 Å². The van der Waals surface area contributed by atoms with Crippen molar-refractivity contribution >= 4 is 25.0 Å². The van der Waals surface area contributed by atoms with Crippen LogP contribution < -0.4 is 0 Å². The number of halogens is 1. The fourth-order valence-corrected chi connectivity index (χ4v) is 1.20. The SMILES string of the molecule is CO[Si](Cl)(CN=C=O)OC. The molecular weight excluding hydrogens is 174 g/mol. The van der Waals surface area contributed by atoms with Crippen molar-refractivity contribution in [2.45, 2.75) is 0 Å². The first-order valence-electron chi connectivity index (χ1n) is 2.51. The normalized spacial score (nSPS) is 10.7. The molecule has 58 valence electrons. The van der Waals surface area contributed by atoms with Gasteiger partial charge in [0, 0.05) is 14.2 Å². The highest BCUT2D eigenvalue weighted by Gasteiger charge is 2.33. The van der Waals surface area contributed by atoms with Crippen LogP contribution in [0.4, 0.5) is 0 Å². The highest BCUT2D eigenvalue weighted by Crippen LogP contribution is 2.09. The number of rotatable bonds is 4. The first-order valence-corrected chi connectivity index (χ1v) is 5.55. The summed E-state index contributed by atoms with van der Waals surface area (Å²) in [6, 6.07) is 0. The van der Waals surface area contributed by atoms with E-state index in [1.165, 1.54) is 20.3 Å². The van der Waals surface area contributed by atoms with Crippen LogP contribution in [0.1, 0.15) is 0 Å². The van der Waals surface area contributed by atoms with Gasteiger partial charge in [0.25, 0.3) is 0 Å². The first kappa shape index (κ1) is 9.81. The van der Waals surface area contributed by atoms with E-state index in [1.807, 2.05) is 0 Å². The van der Waals surface area contributed by atoms with E-state index in [0.29, 0.717) is 0 Å². The second kappa shape index (κ2) is 4.60. The van der Waals surface area contributed by atoms with Crippen LogP contribution in [0.5, 0.6) is 0 Å². The number of isocyanates is 1. The van der Waals surface area contributed by atoms with Gasteiger partial charge in [0.1, 0.15) is 6.17 Å². The number of carbonyl (C=O) groups excluding carboxylic acids is 1. The molecule has 0 spiro atoms. The summed E-state index contributed by atoms with van der Waals surface area (Å²) in [6.07, 6.45) is 1.43. The van der Waals surface area contributed by atoms with Crippen LogP contribution in [0.2, 0.25) is 0 Å². The molecule has 0 unspecified atom stereocenters. The van der Waals surface area contributed by atoms with E-state index in [2.05, 4.69) is 4.99 Å². The van der Waals surface area contributed by atoms with Gasteiger partial charge in [-0.2, -0.15) is 0 Å². The van der Waals surface area contributed by atoms with Crippen LogP contribution in [0, 0.1) is 0 Å². The highest BCUT2D eigenvalue weighted by atomic mass is 35.6. The summed E-state index contributed by atoms with van der Waals surface area (Å²) in [5.41, 5.74) is 0. The molecule has 0 saturated heterocycles. The Morgan fingerprint density at radius 1 is 1.60 bits per heavy atom. The van der Waals surface area contributed by atoms with Gasteiger partial charge in [-0.3, -0.25) is 0 Å². The molecule has 0 aromatic heterocycles. The predicted molar refractivity (Wildman–Crippen MR) is 38.6 cm³/mol. The Labute approximate surface area is 64.8 Å². The molecule has 0 aromatic carbocycles. The summed E-state index contributed by atoms with van der Waals surface area (Å²) in [5, 5.41) is 0. The summed E-state index contributed by atoms with van der Waals surface area (Å²) < 4.78 is 9.60.